The number of aliphatic hydroxyl groups is 1. The van der Waals surface area contributed by atoms with Crippen molar-refractivity contribution in [1.29, 1.82) is 0 Å². The lowest BCUT2D eigenvalue weighted by Gasteiger charge is -2.20. The fraction of sp³-hybridized carbons (Fsp3) is 0.400. The molecule has 0 fully saturated rings. The van der Waals surface area contributed by atoms with E-state index in [4.69, 9.17) is 0 Å². The Kier molecular flexibility index (Phi) is 3.93. The lowest BCUT2D eigenvalue weighted by atomic mass is 10.1. The molecule has 2 rings (SSSR count). The monoisotopic (exact) mass is 261 g/mol. The van der Waals surface area contributed by atoms with Crippen LogP contribution in [0.3, 0.4) is 0 Å². The molecule has 1 unspecified atom stereocenters. The molecule has 3 heteroatoms. The van der Waals surface area contributed by atoms with Crippen LogP contribution >= 0.6 is 11.8 Å². The number of para-hydroxylation sites is 1. The van der Waals surface area contributed by atoms with Gasteiger partial charge in [-0.2, -0.15) is 11.8 Å². The standard InChI is InChI=1S/C15H19NOS/c1-15(2,3)18-10-14(17)12-8-11-6-4-5-7-13(11)16-9-12/h4-9,14,17H,10H2,1-3H3. The van der Waals surface area contributed by atoms with Crippen LogP contribution in [0.15, 0.2) is 36.5 Å². The molecule has 0 saturated heterocycles. The first kappa shape index (κ1) is 13.4. The van der Waals surface area contributed by atoms with E-state index in [2.05, 4.69) is 25.8 Å². The molecule has 0 bridgehead atoms. The van der Waals surface area contributed by atoms with Crippen LogP contribution in [-0.4, -0.2) is 20.6 Å². The fourth-order valence-electron chi connectivity index (χ4n) is 1.70. The molecular formula is C15H19NOS. The van der Waals surface area contributed by atoms with Crippen LogP contribution in [0.1, 0.15) is 32.4 Å². The van der Waals surface area contributed by atoms with Crippen molar-refractivity contribution in [2.24, 2.45) is 0 Å². The van der Waals surface area contributed by atoms with Gasteiger partial charge in [0, 0.05) is 27.6 Å². The number of hydrogen-bond donors (Lipinski definition) is 1. The summed E-state index contributed by atoms with van der Waals surface area (Å²) in [5.74, 6) is 0.698. The number of aromatic nitrogens is 1. The molecule has 0 saturated carbocycles. The summed E-state index contributed by atoms with van der Waals surface area (Å²) in [5.41, 5.74) is 1.86. The van der Waals surface area contributed by atoms with E-state index in [1.54, 1.807) is 18.0 Å². The highest BCUT2D eigenvalue weighted by molar-refractivity contribution is 8.00. The van der Waals surface area contributed by atoms with Crippen LogP contribution in [0.4, 0.5) is 0 Å². The molecule has 0 aliphatic rings. The summed E-state index contributed by atoms with van der Waals surface area (Å²) in [6.07, 6.45) is 1.32. The Morgan fingerprint density at radius 1 is 1.28 bits per heavy atom. The third-order valence-corrected chi connectivity index (χ3v) is 4.02. The van der Waals surface area contributed by atoms with E-state index < -0.39 is 6.10 Å². The van der Waals surface area contributed by atoms with Crippen molar-refractivity contribution in [3.05, 3.63) is 42.1 Å². The smallest absolute Gasteiger partial charge is 0.0895 e. The van der Waals surface area contributed by atoms with Crippen molar-refractivity contribution in [1.82, 2.24) is 4.98 Å². The van der Waals surface area contributed by atoms with E-state index >= 15 is 0 Å². The van der Waals surface area contributed by atoms with E-state index in [1.165, 1.54) is 0 Å². The van der Waals surface area contributed by atoms with Gasteiger partial charge in [-0.1, -0.05) is 39.0 Å². The molecule has 0 aliphatic carbocycles. The van der Waals surface area contributed by atoms with Crippen LogP contribution in [0.2, 0.25) is 0 Å². The SMILES string of the molecule is CC(C)(C)SCC(O)c1cnc2ccccc2c1. The molecule has 0 aliphatic heterocycles. The second kappa shape index (κ2) is 5.29. The first-order valence-corrected chi connectivity index (χ1v) is 7.11. The maximum atomic E-state index is 10.2. The Hall–Kier alpha value is -1.06. The normalized spacial score (nSPS) is 13.8. The molecule has 0 spiro atoms. The Morgan fingerprint density at radius 3 is 2.72 bits per heavy atom. The number of fused-ring (bicyclic) bond motifs is 1. The molecule has 1 aromatic carbocycles. The Morgan fingerprint density at radius 2 is 2.00 bits per heavy atom. The highest BCUT2D eigenvalue weighted by atomic mass is 32.2. The van der Waals surface area contributed by atoms with Gasteiger partial charge in [-0.25, -0.2) is 0 Å². The summed E-state index contributed by atoms with van der Waals surface area (Å²) in [5, 5.41) is 11.3. The molecule has 1 heterocycles. The minimum Gasteiger partial charge on any atom is -0.387 e. The number of hydrogen-bond acceptors (Lipinski definition) is 3. The van der Waals surface area contributed by atoms with Crippen molar-refractivity contribution >= 4 is 22.7 Å². The first-order chi connectivity index (χ1) is 8.46. The Bertz CT molecular complexity index is 533. The molecule has 1 aromatic heterocycles. The van der Waals surface area contributed by atoms with E-state index in [-0.39, 0.29) is 4.75 Å². The topological polar surface area (TPSA) is 33.1 Å². The maximum absolute atomic E-state index is 10.2. The second-order valence-electron chi connectivity index (χ2n) is 5.40. The van der Waals surface area contributed by atoms with Gasteiger partial charge in [0.05, 0.1) is 11.6 Å². The van der Waals surface area contributed by atoms with E-state index in [1.807, 2.05) is 30.3 Å². The van der Waals surface area contributed by atoms with E-state index in [0.29, 0.717) is 5.75 Å². The van der Waals surface area contributed by atoms with Crippen LogP contribution < -0.4 is 0 Å². The highest BCUT2D eigenvalue weighted by Gasteiger charge is 2.15. The lowest BCUT2D eigenvalue weighted by molar-refractivity contribution is 0.203. The van der Waals surface area contributed by atoms with Crippen molar-refractivity contribution in [3.8, 4) is 0 Å². The minimum atomic E-state index is -0.452. The van der Waals surface area contributed by atoms with Crippen LogP contribution in [0, 0.1) is 0 Å². The minimum absolute atomic E-state index is 0.172. The Labute approximate surface area is 112 Å². The number of benzene rings is 1. The number of pyridine rings is 1. The van der Waals surface area contributed by atoms with Gasteiger partial charge in [-0.3, -0.25) is 4.98 Å². The van der Waals surface area contributed by atoms with Gasteiger partial charge >= 0.3 is 0 Å². The molecule has 0 amide bonds. The third-order valence-electron chi connectivity index (χ3n) is 2.67. The average Bonchev–Trinajstić information content (AvgIpc) is 2.34. The largest absolute Gasteiger partial charge is 0.387 e. The molecule has 96 valence electrons. The quantitative estimate of drug-likeness (QED) is 0.912. The summed E-state index contributed by atoms with van der Waals surface area (Å²) in [4.78, 5) is 4.38. The van der Waals surface area contributed by atoms with Crippen molar-refractivity contribution in [2.45, 2.75) is 31.6 Å². The van der Waals surface area contributed by atoms with Crippen molar-refractivity contribution in [2.75, 3.05) is 5.75 Å². The summed E-state index contributed by atoms with van der Waals surface area (Å²) >= 11 is 1.76. The number of thioether (sulfide) groups is 1. The zero-order chi connectivity index (χ0) is 13.2. The molecule has 2 aromatic rings. The van der Waals surface area contributed by atoms with Gasteiger partial charge in [-0.05, 0) is 12.1 Å². The van der Waals surface area contributed by atoms with Gasteiger partial charge in [0.2, 0.25) is 0 Å². The molecule has 18 heavy (non-hydrogen) atoms. The highest BCUT2D eigenvalue weighted by Crippen LogP contribution is 2.28. The van der Waals surface area contributed by atoms with E-state index in [9.17, 15) is 5.11 Å². The predicted molar refractivity (Wildman–Crippen MR) is 78.9 cm³/mol. The lowest BCUT2D eigenvalue weighted by Crippen LogP contribution is -2.12. The summed E-state index contributed by atoms with van der Waals surface area (Å²) < 4.78 is 0.172. The predicted octanol–water partition coefficient (Wildman–Crippen LogP) is 3.80. The van der Waals surface area contributed by atoms with Gasteiger partial charge in [-0.15, -0.1) is 0 Å². The van der Waals surface area contributed by atoms with E-state index in [0.717, 1.165) is 16.5 Å². The summed E-state index contributed by atoms with van der Waals surface area (Å²) in [7, 11) is 0. The molecule has 1 N–H and O–H groups in total. The Balaban J connectivity index is 2.15. The fourth-order valence-corrected chi connectivity index (χ4v) is 2.55. The third kappa shape index (κ3) is 3.47. The number of aliphatic hydroxyl groups excluding tert-OH is 1. The van der Waals surface area contributed by atoms with Gasteiger partial charge in [0.25, 0.3) is 0 Å². The van der Waals surface area contributed by atoms with Crippen LogP contribution in [0.5, 0.6) is 0 Å². The maximum Gasteiger partial charge on any atom is 0.0895 e. The average molecular weight is 261 g/mol. The first-order valence-electron chi connectivity index (χ1n) is 6.12. The van der Waals surface area contributed by atoms with Gasteiger partial charge in [0.1, 0.15) is 0 Å². The zero-order valence-corrected chi connectivity index (χ0v) is 11.9. The molecule has 0 radical (unpaired) electrons. The van der Waals surface area contributed by atoms with Crippen LogP contribution in [-0.2, 0) is 0 Å². The summed E-state index contributed by atoms with van der Waals surface area (Å²) in [6.45, 7) is 6.47. The van der Waals surface area contributed by atoms with Crippen molar-refractivity contribution < 1.29 is 5.11 Å². The number of rotatable bonds is 3. The van der Waals surface area contributed by atoms with Crippen molar-refractivity contribution in [3.63, 3.8) is 0 Å². The van der Waals surface area contributed by atoms with Gasteiger partial charge in [0.15, 0.2) is 0 Å². The van der Waals surface area contributed by atoms with Crippen LogP contribution in [0.25, 0.3) is 10.9 Å². The summed E-state index contributed by atoms with van der Waals surface area (Å²) in [6, 6.07) is 9.99. The van der Waals surface area contributed by atoms with Gasteiger partial charge < -0.3 is 5.11 Å². The molecule has 1 atom stereocenters. The molecule has 2 nitrogen and oxygen atoms in total. The zero-order valence-electron chi connectivity index (χ0n) is 11.1. The molecular weight excluding hydrogens is 242 g/mol. The number of nitrogens with zero attached hydrogens (tertiary/aromatic N) is 1. The second-order valence-corrected chi connectivity index (χ2v) is 7.25.